The van der Waals surface area contributed by atoms with Crippen molar-refractivity contribution < 1.29 is 24.3 Å². The molecule has 2 heterocycles. The summed E-state index contributed by atoms with van der Waals surface area (Å²) in [5, 5.41) is 9.62. The first-order valence-corrected chi connectivity index (χ1v) is 9.09. The first-order valence-electron chi connectivity index (χ1n) is 8.71. The summed E-state index contributed by atoms with van der Waals surface area (Å²) in [7, 11) is 0. The molecule has 3 amide bonds. The number of anilines is 1. The van der Waals surface area contributed by atoms with Crippen molar-refractivity contribution in [3.63, 3.8) is 0 Å². The summed E-state index contributed by atoms with van der Waals surface area (Å²) < 4.78 is 0. The molecule has 0 saturated carbocycles. The van der Waals surface area contributed by atoms with Crippen LogP contribution in [0.3, 0.4) is 0 Å². The number of carbonyl (C=O) groups is 4. The largest absolute Gasteiger partial charge is 0.480 e. The van der Waals surface area contributed by atoms with E-state index in [0.29, 0.717) is 12.8 Å². The summed E-state index contributed by atoms with van der Waals surface area (Å²) >= 11 is 6.06. The summed E-state index contributed by atoms with van der Waals surface area (Å²) in [5.74, 6) is -2.73. The second kappa shape index (κ2) is 6.76. The number of likely N-dealkylation sites (tertiary alicyclic amines) is 1. The molecule has 2 aromatic carbocycles. The van der Waals surface area contributed by atoms with Crippen molar-refractivity contribution in [1.29, 1.82) is 0 Å². The van der Waals surface area contributed by atoms with Gasteiger partial charge in [-0.15, -0.1) is 0 Å². The van der Waals surface area contributed by atoms with Crippen molar-refractivity contribution >= 4 is 41.0 Å². The lowest BCUT2D eigenvalue weighted by atomic mass is 10.1. The molecule has 2 aromatic rings. The summed E-state index contributed by atoms with van der Waals surface area (Å²) in [5.41, 5.74) is 0.627. The molecule has 4 rings (SSSR count). The highest BCUT2D eigenvalue weighted by Gasteiger charge is 2.40. The standard InChI is InChI=1S/C20H15ClN2O5/c21-11-7-8-15(23-18(25)12-4-1-2-5-13(12)19(23)26)14(10-11)17(24)22-9-3-6-16(22)20(27)28/h1-2,4-5,7-8,10,16H,3,6,9H2,(H,27,28)/t16-/m0/s1. The number of halogens is 1. The Morgan fingerprint density at radius 1 is 1.04 bits per heavy atom. The van der Waals surface area contributed by atoms with Gasteiger partial charge in [0.05, 0.1) is 22.4 Å². The van der Waals surface area contributed by atoms with E-state index in [-0.39, 0.29) is 33.9 Å². The van der Waals surface area contributed by atoms with E-state index in [4.69, 9.17) is 11.6 Å². The number of rotatable bonds is 3. The molecule has 2 aliphatic heterocycles. The fraction of sp³-hybridized carbons (Fsp3) is 0.200. The third kappa shape index (κ3) is 2.75. The number of imide groups is 1. The molecule has 0 bridgehead atoms. The van der Waals surface area contributed by atoms with Crippen LogP contribution in [0.4, 0.5) is 5.69 Å². The number of benzene rings is 2. The van der Waals surface area contributed by atoms with Crippen LogP contribution in [-0.2, 0) is 4.79 Å². The molecule has 0 unspecified atom stereocenters. The number of hydrogen-bond donors (Lipinski definition) is 1. The van der Waals surface area contributed by atoms with Gasteiger partial charge < -0.3 is 10.0 Å². The van der Waals surface area contributed by atoms with Gasteiger partial charge in [0, 0.05) is 11.6 Å². The van der Waals surface area contributed by atoms with Gasteiger partial charge in [-0.25, -0.2) is 9.69 Å². The fourth-order valence-corrected chi connectivity index (χ4v) is 3.88. The summed E-state index contributed by atoms with van der Waals surface area (Å²) in [4.78, 5) is 52.4. The zero-order valence-electron chi connectivity index (χ0n) is 14.6. The molecule has 0 aliphatic carbocycles. The van der Waals surface area contributed by atoms with Gasteiger partial charge in [-0.05, 0) is 43.2 Å². The SMILES string of the molecule is O=C(O)[C@@H]1CCCN1C(=O)c1cc(Cl)ccc1N1C(=O)c2ccccc2C1=O. The van der Waals surface area contributed by atoms with Crippen molar-refractivity contribution in [1.82, 2.24) is 4.90 Å². The van der Waals surface area contributed by atoms with E-state index in [1.807, 2.05) is 0 Å². The van der Waals surface area contributed by atoms with Crippen LogP contribution in [0, 0.1) is 0 Å². The summed E-state index contributed by atoms with van der Waals surface area (Å²) in [6, 6.07) is 9.74. The molecule has 1 N–H and O–H groups in total. The molecular weight excluding hydrogens is 384 g/mol. The molecule has 28 heavy (non-hydrogen) atoms. The highest BCUT2D eigenvalue weighted by molar-refractivity contribution is 6.36. The first-order chi connectivity index (χ1) is 13.4. The van der Waals surface area contributed by atoms with Gasteiger partial charge in [-0.2, -0.15) is 0 Å². The number of carbonyl (C=O) groups excluding carboxylic acids is 3. The molecule has 142 valence electrons. The maximum absolute atomic E-state index is 13.1. The molecule has 7 nitrogen and oxygen atoms in total. The lowest BCUT2D eigenvalue weighted by Crippen LogP contribution is -2.41. The topological polar surface area (TPSA) is 95.0 Å². The van der Waals surface area contributed by atoms with E-state index in [0.717, 1.165) is 4.90 Å². The smallest absolute Gasteiger partial charge is 0.326 e. The zero-order chi connectivity index (χ0) is 20.0. The van der Waals surface area contributed by atoms with E-state index in [9.17, 15) is 24.3 Å². The normalized spacial score (nSPS) is 18.5. The number of hydrogen-bond acceptors (Lipinski definition) is 4. The van der Waals surface area contributed by atoms with E-state index in [1.54, 1.807) is 24.3 Å². The maximum Gasteiger partial charge on any atom is 0.326 e. The van der Waals surface area contributed by atoms with Gasteiger partial charge in [-0.1, -0.05) is 23.7 Å². The molecule has 1 saturated heterocycles. The van der Waals surface area contributed by atoms with Gasteiger partial charge in [-0.3, -0.25) is 14.4 Å². The van der Waals surface area contributed by atoms with Crippen molar-refractivity contribution in [3.05, 3.63) is 64.2 Å². The maximum atomic E-state index is 13.1. The van der Waals surface area contributed by atoms with Gasteiger partial charge in [0.2, 0.25) is 0 Å². The molecule has 0 radical (unpaired) electrons. The van der Waals surface area contributed by atoms with Crippen LogP contribution in [-0.4, -0.2) is 46.3 Å². The molecular formula is C20H15ClN2O5. The van der Waals surface area contributed by atoms with E-state index < -0.39 is 29.7 Å². The van der Waals surface area contributed by atoms with E-state index in [1.165, 1.54) is 23.1 Å². The van der Waals surface area contributed by atoms with Gasteiger partial charge in [0.15, 0.2) is 0 Å². The van der Waals surface area contributed by atoms with Gasteiger partial charge in [0.25, 0.3) is 17.7 Å². The Hall–Kier alpha value is -3.19. The Balaban J connectivity index is 1.79. The molecule has 1 atom stereocenters. The van der Waals surface area contributed by atoms with Crippen LogP contribution in [0.25, 0.3) is 0 Å². The van der Waals surface area contributed by atoms with Crippen LogP contribution in [0.15, 0.2) is 42.5 Å². The fourth-order valence-electron chi connectivity index (χ4n) is 3.70. The summed E-state index contributed by atoms with van der Waals surface area (Å²) in [6.45, 7) is 0.282. The van der Waals surface area contributed by atoms with Crippen molar-refractivity contribution in [2.45, 2.75) is 18.9 Å². The monoisotopic (exact) mass is 398 g/mol. The number of fused-ring (bicyclic) bond motifs is 1. The predicted molar refractivity (Wildman–Crippen MR) is 101 cm³/mol. The lowest BCUT2D eigenvalue weighted by molar-refractivity contribution is -0.141. The Kier molecular flexibility index (Phi) is 4.39. The second-order valence-corrected chi connectivity index (χ2v) is 7.08. The number of amides is 3. The van der Waals surface area contributed by atoms with Gasteiger partial charge >= 0.3 is 5.97 Å². The van der Waals surface area contributed by atoms with E-state index in [2.05, 4.69) is 0 Å². The predicted octanol–water partition coefficient (Wildman–Crippen LogP) is 2.83. The third-order valence-electron chi connectivity index (χ3n) is 5.02. The highest BCUT2D eigenvalue weighted by Crippen LogP contribution is 2.34. The lowest BCUT2D eigenvalue weighted by Gasteiger charge is -2.24. The average Bonchev–Trinajstić information content (AvgIpc) is 3.26. The number of carboxylic acid groups (broad SMARTS) is 1. The van der Waals surface area contributed by atoms with Gasteiger partial charge in [0.1, 0.15) is 6.04 Å². The van der Waals surface area contributed by atoms with Crippen LogP contribution in [0.2, 0.25) is 5.02 Å². The molecule has 1 fully saturated rings. The van der Waals surface area contributed by atoms with E-state index >= 15 is 0 Å². The average molecular weight is 399 g/mol. The molecule has 2 aliphatic rings. The second-order valence-electron chi connectivity index (χ2n) is 6.65. The van der Waals surface area contributed by atoms with Crippen molar-refractivity contribution in [3.8, 4) is 0 Å². The minimum absolute atomic E-state index is 0.0233. The Morgan fingerprint density at radius 2 is 1.68 bits per heavy atom. The Labute approximate surface area is 165 Å². The van der Waals surface area contributed by atoms with Crippen LogP contribution < -0.4 is 4.90 Å². The highest BCUT2D eigenvalue weighted by atomic mass is 35.5. The van der Waals surface area contributed by atoms with Crippen LogP contribution in [0.1, 0.15) is 43.9 Å². The van der Waals surface area contributed by atoms with Crippen LogP contribution in [0.5, 0.6) is 0 Å². The first kappa shape index (κ1) is 18.2. The minimum atomic E-state index is -1.09. The number of carboxylic acids is 1. The number of aliphatic carboxylic acids is 1. The number of nitrogens with zero attached hydrogens (tertiary/aromatic N) is 2. The third-order valence-corrected chi connectivity index (χ3v) is 5.26. The van der Waals surface area contributed by atoms with Crippen LogP contribution >= 0.6 is 11.6 Å². The Morgan fingerprint density at radius 3 is 2.29 bits per heavy atom. The zero-order valence-corrected chi connectivity index (χ0v) is 15.3. The van der Waals surface area contributed by atoms with Crippen molar-refractivity contribution in [2.24, 2.45) is 0 Å². The minimum Gasteiger partial charge on any atom is -0.480 e. The molecule has 0 spiro atoms. The molecule has 8 heteroatoms. The quantitative estimate of drug-likeness (QED) is 0.802. The summed E-state index contributed by atoms with van der Waals surface area (Å²) in [6.07, 6.45) is 0.912. The van der Waals surface area contributed by atoms with Crippen molar-refractivity contribution in [2.75, 3.05) is 11.4 Å². The Bertz CT molecular complexity index is 1000. The molecule has 0 aromatic heterocycles.